The summed E-state index contributed by atoms with van der Waals surface area (Å²) >= 11 is 5.88. The smallest absolute Gasteiger partial charge is 0.277 e. The van der Waals surface area contributed by atoms with E-state index in [9.17, 15) is 9.59 Å². The second-order valence-electron chi connectivity index (χ2n) is 6.17. The molecule has 2 aromatic heterocycles. The Morgan fingerprint density at radius 1 is 1.22 bits per heavy atom. The van der Waals surface area contributed by atoms with Gasteiger partial charge in [-0.3, -0.25) is 14.3 Å². The van der Waals surface area contributed by atoms with Crippen molar-refractivity contribution in [1.82, 2.24) is 19.8 Å². The molecule has 0 saturated carbocycles. The van der Waals surface area contributed by atoms with E-state index in [0.717, 1.165) is 5.56 Å². The Morgan fingerprint density at radius 3 is 2.52 bits per heavy atom. The molecule has 1 aromatic carbocycles. The van der Waals surface area contributed by atoms with Crippen molar-refractivity contribution in [3.63, 3.8) is 0 Å². The van der Waals surface area contributed by atoms with Gasteiger partial charge in [-0.1, -0.05) is 16.8 Å². The number of anilines is 1. The number of rotatable bonds is 4. The maximum atomic E-state index is 12.6. The predicted molar refractivity (Wildman–Crippen MR) is 101 cm³/mol. The largest absolute Gasteiger partial charge is 0.355 e. The van der Waals surface area contributed by atoms with Crippen LogP contribution in [-0.4, -0.2) is 45.7 Å². The molecule has 9 heteroatoms. The molecule has 0 spiro atoms. The zero-order valence-corrected chi connectivity index (χ0v) is 16.0. The van der Waals surface area contributed by atoms with Gasteiger partial charge in [-0.05, 0) is 31.2 Å². The van der Waals surface area contributed by atoms with Gasteiger partial charge in [0, 0.05) is 37.8 Å². The Kier molecular flexibility index (Phi) is 5.00. The quantitative estimate of drug-likeness (QED) is 0.742. The van der Waals surface area contributed by atoms with E-state index in [2.05, 4.69) is 15.6 Å². The molecule has 27 heavy (non-hydrogen) atoms. The van der Waals surface area contributed by atoms with Crippen molar-refractivity contribution >= 4 is 29.1 Å². The van der Waals surface area contributed by atoms with Crippen LogP contribution in [0.15, 0.2) is 34.9 Å². The van der Waals surface area contributed by atoms with Gasteiger partial charge >= 0.3 is 0 Å². The number of aromatic nitrogens is 3. The number of carbonyl (C=O) groups is 2. The number of halogens is 1. The molecule has 0 aliphatic heterocycles. The van der Waals surface area contributed by atoms with Gasteiger partial charge in [0.1, 0.15) is 0 Å². The molecule has 0 atom stereocenters. The normalized spacial score (nSPS) is 10.7. The van der Waals surface area contributed by atoms with Gasteiger partial charge in [-0.2, -0.15) is 5.10 Å². The van der Waals surface area contributed by atoms with Crippen LogP contribution in [0.4, 0.5) is 5.69 Å². The summed E-state index contributed by atoms with van der Waals surface area (Å²) in [6.07, 6.45) is 0. The van der Waals surface area contributed by atoms with Crippen molar-refractivity contribution in [2.45, 2.75) is 6.92 Å². The number of aryl methyl sites for hydroxylation is 1. The molecule has 8 nitrogen and oxygen atoms in total. The Labute approximate surface area is 160 Å². The lowest BCUT2D eigenvalue weighted by Gasteiger charge is -2.10. The zero-order valence-electron chi connectivity index (χ0n) is 15.3. The van der Waals surface area contributed by atoms with Crippen LogP contribution in [0.5, 0.6) is 0 Å². The number of nitrogens with one attached hydrogen (secondary N) is 1. The molecule has 0 fully saturated rings. The molecule has 140 valence electrons. The monoisotopic (exact) mass is 387 g/mol. The Hall–Kier alpha value is -3.13. The summed E-state index contributed by atoms with van der Waals surface area (Å²) in [6, 6.07) is 8.50. The zero-order chi connectivity index (χ0) is 19.7. The fraction of sp³-hybridized carbons (Fsp3) is 0.222. The van der Waals surface area contributed by atoms with Gasteiger partial charge in [0.2, 0.25) is 0 Å². The second kappa shape index (κ2) is 7.24. The molecule has 0 radical (unpaired) electrons. The van der Waals surface area contributed by atoms with E-state index in [1.165, 1.54) is 15.6 Å². The third kappa shape index (κ3) is 3.70. The highest BCUT2D eigenvalue weighted by atomic mass is 35.5. The Morgan fingerprint density at radius 2 is 1.89 bits per heavy atom. The van der Waals surface area contributed by atoms with E-state index < -0.39 is 5.91 Å². The summed E-state index contributed by atoms with van der Waals surface area (Å²) in [4.78, 5) is 26.3. The van der Waals surface area contributed by atoms with Crippen LogP contribution in [-0.2, 0) is 7.05 Å². The van der Waals surface area contributed by atoms with E-state index in [0.29, 0.717) is 22.2 Å². The summed E-state index contributed by atoms with van der Waals surface area (Å²) in [5.41, 5.74) is 1.99. The van der Waals surface area contributed by atoms with Crippen molar-refractivity contribution < 1.29 is 14.1 Å². The van der Waals surface area contributed by atoms with Crippen molar-refractivity contribution in [3.05, 3.63) is 52.4 Å². The minimum Gasteiger partial charge on any atom is -0.355 e. The van der Waals surface area contributed by atoms with Gasteiger partial charge in [-0.25, -0.2) is 0 Å². The molecule has 0 aliphatic carbocycles. The van der Waals surface area contributed by atoms with Crippen molar-refractivity contribution in [1.29, 1.82) is 0 Å². The van der Waals surface area contributed by atoms with Crippen LogP contribution in [0, 0.1) is 6.92 Å². The first-order valence-corrected chi connectivity index (χ1v) is 8.45. The topological polar surface area (TPSA) is 93.3 Å². The van der Waals surface area contributed by atoms with Gasteiger partial charge in [0.25, 0.3) is 11.8 Å². The third-order valence-electron chi connectivity index (χ3n) is 4.05. The molecule has 0 saturated heterocycles. The lowest BCUT2D eigenvalue weighted by Crippen LogP contribution is -2.24. The lowest BCUT2D eigenvalue weighted by atomic mass is 10.1. The SMILES string of the molecule is Cc1c(NC(=O)c2cc(-c3ccc(Cl)cc3)on2)c(C(=O)N(C)C)nn1C. The number of amides is 2. The average molecular weight is 388 g/mol. The van der Waals surface area contributed by atoms with Gasteiger partial charge in [-0.15, -0.1) is 0 Å². The summed E-state index contributed by atoms with van der Waals surface area (Å²) in [5.74, 6) is -0.372. The van der Waals surface area contributed by atoms with Crippen molar-refractivity contribution in [2.75, 3.05) is 19.4 Å². The highest BCUT2D eigenvalue weighted by Gasteiger charge is 2.24. The van der Waals surface area contributed by atoms with Crippen LogP contribution in [0.3, 0.4) is 0 Å². The fourth-order valence-electron chi connectivity index (χ4n) is 2.43. The van der Waals surface area contributed by atoms with Crippen LogP contribution >= 0.6 is 11.6 Å². The number of hydrogen-bond donors (Lipinski definition) is 1. The fourth-order valence-corrected chi connectivity index (χ4v) is 2.56. The summed E-state index contributed by atoms with van der Waals surface area (Å²) < 4.78 is 6.79. The minimum atomic E-state index is -0.497. The summed E-state index contributed by atoms with van der Waals surface area (Å²) in [7, 11) is 4.94. The van der Waals surface area contributed by atoms with E-state index in [1.54, 1.807) is 52.3 Å². The van der Waals surface area contributed by atoms with Crippen LogP contribution in [0.2, 0.25) is 5.02 Å². The molecule has 2 heterocycles. The molecule has 1 N–H and O–H groups in total. The average Bonchev–Trinajstić information content (AvgIpc) is 3.22. The maximum absolute atomic E-state index is 12.6. The highest BCUT2D eigenvalue weighted by Crippen LogP contribution is 2.24. The van der Waals surface area contributed by atoms with Crippen LogP contribution in [0.25, 0.3) is 11.3 Å². The molecule has 0 aliphatic rings. The number of carbonyl (C=O) groups excluding carboxylic acids is 2. The summed E-state index contributed by atoms with van der Waals surface area (Å²) in [6.45, 7) is 1.76. The molecule has 0 bridgehead atoms. The van der Waals surface area contributed by atoms with Gasteiger partial charge < -0.3 is 14.7 Å². The first kappa shape index (κ1) is 18.7. The Bertz CT molecular complexity index is 1000. The van der Waals surface area contributed by atoms with E-state index in [4.69, 9.17) is 16.1 Å². The minimum absolute atomic E-state index is 0.0893. The third-order valence-corrected chi connectivity index (χ3v) is 4.30. The molecule has 2 amide bonds. The maximum Gasteiger partial charge on any atom is 0.277 e. The van der Waals surface area contributed by atoms with E-state index in [1.807, 2.05) is 0 Å². The van der Waals surface area contributed by atoms with Crippen LogP contribution in [0.1, 0.15) is 26.7 Å². The molecular weight excluding hydrogens is 370 g/mol. The summed E-state index contributed by atoms with van der Waals surface area (Å²) in [5, 5.41) is 11.3. The standard InChI is InChI=1S/C18H18ClN5O3/c1-10-15(16(21-24(10)4)18(26)23(2)3)20-17(25)13-9-14(27-22-13)11-5-7-12(19)8-6-11/h5-9H,1-4H3,(H,20,25). The number of hydrogen-bond acceptors (Lipinski definition) is 5. The van der Waals surface area contributed by atoms with Crippen molar-refractivity contribution in [3.8, 4) is 11.3 Å². The van der Waals surface area contributed by atoms with Crippen molar-refractivity contribution in [2.24, 2.45) is 7.05 Å². The predicted octanol–water partition coefficient (Wildman–Crippen LogP) is 2.99. The number of benzene rings is 1. The number of nitrogens with zero attached hydrogens (tertiary/aromatic N) is 4. The first-order chi connectivity index (χ1) is 12.8. The van der Waals surface area contributed by atoms with Gasteiger partial charge in [0.05, 0.1) is 11.4 Å². The molecule has 0 unspecified atom stereocenters. The van der Waals surface area contributed by atoms with E-state index >= 15 is 0 Å². The van der Waals surface area contributed by atoms with E-state index in [-0.39, 0.29) is 17.3 Å². The first-order valence-electron chi connectivity index (χ1n) is 8.07. The van der Waals surface area contributed by atoms with Gasteiger partial charge in [0.15, 0.2) is 17.1 Å². The van der Waals surface area contributed by atoms with Crippen LogP contribution < -0.4 is 5.32 Å². The molecule has 3 rings (SSSR count). The second-order valence-corrected chi connectivity index (χ2v) is 6.61. The lowest BCUT2D eigenvalue weighted by molar-refractivity contribution is 0.0822. The molecular formula is C18H18ClN5O3. The molecule has 3 aromatic rings. The Balaban J connectivity index is 1.86. The highest BCUT2D eigenvalue weighted by molar-refractivity contribution is 6.30.